The zero-order valence-corrected chi connectivity index (χ0v) is 14.3. The van der Waals surface area contributed by atoms with E-state index in [1.165, 1.54) is 0 Å². The molecule has 0 radical (unpaired) electrons. The van der Waals surface area contributed by atoms with Gasteiger partial charge >= 0.3 is 0 Å². The second kappa shape index (κ2) is 8.73. The van der Waals surface area contributed by atoms with Crippen molar-refractivity contribution < 1.29 is 14.3 Å². The fraction of sp³-hybridized carbons (Fsp3) is 0.750. The zero-order valence-electron chi connectivity index (χ0n) is 13.5. The molecule has 1 aromatic rings. The van der Waals surface area contributed by atoms with Gasteiger partial charge in [0.2, 0.25) is 5.91 Å². The summed E-state index contributed by atoms with van der Waals surface area (Å²) in [7, 11) is 0. The summed E-state index contributed by atoms with van der Waals surface area (Å²) in [5.41, 5.74) is 1.08. The maximum absolute atomic E-state index is 12.0. The Morgan fingerprint density at radius 1 is 1.35 bits per heavy atom. The number of hydrogen-bond donors (Lipinski definition) is 1. The van der Waals surface area contributed by atoms with Crippen LogP contribution < -0.4 is 5.32 Å². The summed E-state index contributed by atoms with van der Waals surface area (Å²) in [5, 5.41) is 6.01. The van der Waals surface area contributed by atoms with Gasteiger partial charge in [-0.3, -0.25) is 9.69 Å². The molecule has 1 unspecified atom stereocenters. The summed E-state index contributed by atoms with van der Waals surface area (Å²) in [5.74, 6) is 0.0572. The first kappa shape index (κ1) is 16.8. The molecule has 0 saturated carbocycles. The second-order valence-electron chi connectivity index (χ2n) is 6.09. The van der Waals surface area contributed by atoms with Crippen molar-refractivity contribution in [3.63, 3.8) is 0 Å². The van der Waals surface area contributed by atoms with Crippen LogP contribution in [0.5, 0.6) is 0 Å². The van der Waals surface area contributed by atoms with Crippen molar-refractivity contribution in [2.24, 2.45) is 0 Å². The summed E-state index contributed by atoms with van der Waals surface area (Å²) in [6, 6.07) is 0. The Kier molecular flexibility index (Phi) is 6.38. The molecular weight excluding hydrogens is 314 g/mol. The average molecular weight is 339 g/mol. The SMILES string of the molecule is O=C(CC1CCCCO1)NCc1nc(CN2CCOCC2)cs1. The predicted octanol–water partition coefficient (Wildman–Crippen LogP) is 1.55. The Morgan fingerprint density at radius 3 is 3.00 bits per heavy atom. The molecule has 0 aromatic carbocycles. The smallest absolute Gasteiger partial charge is 0.222 e. The van der Waals surface area contributed by atoms with E-state index in [0.717, 1.165) is 69.4 Å². The molecule has 1 amide bonds. The van der Waals surface area contributed by atoms with Crippen molar-refractivity contribution in [1.82, 2.24) is 15.2 Å². The van der Waals surface area contributed by atoms with Crippen molar-refractivity contribution in [2.75, 3.05) is 32.9 Å². The predicted molar refractivity (Wildman–Crippen MR) is 88.3 cm³/mol. The lowest BCUT2D eigenvalue weighted by atomic mass is 10.1. The summed E-state index contributed by atoms with van der Waals surface area (Å²) < 4.78 is 11.0. The van der Waals surface area contributed by atoms with Crippen LogP contribution in [0.4, 0.5) is 0 Å². The summed E-state index contributed by atoms with van der Waals surface area (Å²) in [6.45, 7) is 5.70. The maximum atomic E-state index is 12.0. The van der Waals surface area contributed by atoms with Gasteiger partial charge in [0, 0.05) is 31.6 Å². The molecule has 1 N–H and O–H groups in total. The van der Waals surface area contributed by atoms with Crippen molar-refractivity contribution in [2.45, 2.75) is 44.9 Å². The van der Waals surface area contributed by atoms with Gasteiger partial charge in [0.25, 0.3) is 0 Å². The van der Waals surface area contributed by atoms with Gasteiger partial charge in [-0.05, 0) is 19.3 Å². The molecule has 128 valence electrons. The van der Waals surface area contributed by atoms with Crippen molar-refractivity contribution in [3.8, 4) is 0 Å². The number of rotatable bonds is 6. The van der Waals surface area contributed by atoms with E-state index in [1.807, 2.05) is 0 Å². The Balaban J connectivity index is 1.38. The van der Waals surface area contributed by atoms with E-state index in [-0.39, 0.29) is 12.0 Å². The van der Waals surface area contributed by atoms with E-state index in [9.17, 15) is 4.79 Å². The Bertz CT molecular complexity index is 497. The molecule has 0 spiro atoms. The van der Waals surface area contributed by atoms with Crippen LogP contribution in [0.1, 0.15) is 36.4 Å². The minimum absolute atomic E-state index is 0.0572. The van der Waals surface area contributed by atoms with Crippen LogP contribution in [0.2, 0.25) is 0 Å². The fourth-order valence-electron chi connectivity index (χ4n) is 2.91. The van der Waals surface area contributed by atoms with Crippen molar-refractivity contribution >= 4 is 17.2 Å². The average Bonchev–Trinajstić information content (AvgIpc) is 3.02. The number of morpholine rings is 1. The van der Waals surface area contributed by atoms with Gasteiger partial charge in [0.1, 0.15) is 5.01 Å². The third-order valence-corrected chi connectivity index (χ3v) is 5.11. The van der Waals surface area contributed by atoms with E-state index < -0.39 is 0 Å². The van der Waals surface area contributed by atoms with Crippen LogP contribution in [0.3, 0.4) is 0 Å². The van der Waals surface area contributed by atoms with Crippen LogP contribution in [-0.4, -0.2) is 54.8 Å². The number of ether oxygens (including phenoxy) is 2. The number of nitrogens with one attached hydrogen (secondary N) is 1. The molecule has 1 atom stereocenters. The zero-order chi connectivity index (χ0) is 15.9. The molecule has 2 aliphatic heterocycles. The van der Waals surface area contributed by atoms with E-state index in [0.29, 0.717) is 13.0 Å². The van der Waals surface area contributed by atoms with Crippen LogP contribution in [0.15, 0.2) is 5.38 Å². The minimum atomic E-state index is 0.0572. The van der Waals surface area contributed by atoms with Gasteiger partial charge in [-0.25, -0.2) is 4.98 Å². The Labute approximate surface area is 141 Å². The molecule has 2 aliphatic rings. The molecule has 2 saturated heterocycles. The van der Waals surface area contributed by atoms with Gasteiger partial charge in [-0.2, -0.15) is 0 Å². The summed E-state index contributed by atoms with van der Waals surface area (Å²) >= 11 is 1.61. The quantitative estimate of drug-likeness (QED) is 0.852. The van der Waals surface area contributed by atoms with Crippen LogP contribution >= 0.6 is 11.3 Å². The second-order valence-corrected chi connectivity index (χ2v) is 7.03. The van der Waals surface area contributed by atoms with Gasteiger partial charge in [-0.15, -0.1) is 11.3 Å². The van der Waals surface area contributed by atoms with Crippen LogP contribution in [0.25, 0.3) is 0 Å². The highest BCUT2D eigenvalue weighted by Gasteiger charge is 2.18. The number of carbonyl (C=O) groups excluding carboxylic acids is 1. The minimum Gasteiger partial charge on any atom is -0.379 e. The standard InChI is InChI=1S/C16H25N3O3S/c20-15(9-14-3-1-2-6-22-14)17-10-16-18-13(12-23-16)11-19-4-7-21-8-5-19/h12,14H,1-11H2,(H,17,20). The molecule has 23 heavy (non-hydrogen) atoms. The van der Waals surface area contributed by atoms with Gasteiger partial charge in [0.15, 0.2) is 0 Å². The van der Waals surface area contributed by atoms with E-state index in [1.54, 1.807) is 11.3 Å². The molecule has 7 heteroatoms. The molecule has 1 aromatic heterocycles. The normalized spacial score (nSPS) is 22.9. The number of aromatic nitrogens is 1. The highest BCUT2D eigenvalue weighted by molar-refractivity contribution is 7.09. The lowest BCUT2D eigenvalue weighted by Crippen LogP contribution is -2.35. The molecule has 0 bridgehead atoms. The molecule has 6 nitrogen and oxygen atoms in total. The number of hydrogen-bond acceptors (Lipinski definition) is 6. The van der Waals surface area contributed by atoms with Crippen molar-refractivity contribution in [3.05, 3.63) is 16.1 Å². The lowest BCUT2D eigenvalue weighted by molar-refractivity contribution is -0.125. The van der Waals surface area contributed by atoms with E-state index >= 15 is 0 Å². The number of thiazole rings is 1. The molecule has 2 fully saturated rings. The topological polar surface area (TPSA) is 63.7 Å². The number of carbonyl (C=O) groups is 1. The van der Waals surface area contributed by atoms with Gasteiger partial charge in [-0.1, -0.05) is 0 Å². The monoisotopic (exact) mass is 339 g/mol. The highest BCUT2D eigenvalue weighted by Crippen LogP contribution is 2.16. The van der Waals surface area contributed by atoms with Gasteiger partial charge < -0.3 is 14.8 Å². The first-order valence-electron chi connectivity index (χ1n) is 8.41. The molecule has 3 rings (SSSR count). The lowest BCUT2D eigenvalue weighted by Gasteiger charge is -2.25. The Hall–Kier alpha value is -1.02. The number of amides is 1. The third-order valence-electron chi connectivity index (χ3n) is 4.21. The highest BCUT2D eigenvalue weighted by atomic mass is 32.1. The molecular formula is C16H25N3O3S. The van der Waals surface area contributed by atoms with Crippen LogP contribution in [-0.2, 0) is 27.4 Å². The van der Waals surface area contributed by atoms with E-state index in [2.05, 4.69) is 20.6 Å². The summed E-state index contributed by atoms with van der Waals surface area (Å²) in [6.07, 6.45) is 3.83. The first-order valence-corrected chi connectivity index (χ1v) is 9.29. The third kappa shape index (κ3) is 5.53. The van der Waals surface area contributed by atoms with Crippen molar-refractivity contribution in [1.29, 1.82) is 0 Å². The van der Waals surface area contributed by atoms with Gasteiger partial charge in [0.05, 0.1) is 38.0 Å². The summed E-state index contributed by atoms with van der Waals surface area (Å²) in [4.78, 5) is 18.9. The maximum Gasteiger partial charge on any atom is 0.222 e. The first-order chi connectivity index (χ1) is 11.3. The fourth-order valence-corrected chi connectivity index (χ4v) is 3.64. The molecule has 3 heterocycles. The molecule has 0 aliphatic carbocycles. The number of nitrogens with zero attached hydrogens (tertiary/aromatic N) is 2. The van der Waals surface area contributed by atoms with Crippen LogP contribution in [0, 0.1) is 0 Å². The Morgan fingerprint density at radius 2 is 2.22 bits per heavy atom. The van der Waals surface area contributed by atoms with E-state index in [4.69, 9.17) is 9.47 Å². The largest absolute Gasteiger partial charge is 0.379 e.